The van der Waals surface area contributed by atoms with E-state index in [2.05, 4.69) is 28.7 Å². The van der Waals surface area contributed by atoms with Crippen molar-refractivity contribution in [3.8, 4) is 0 Å². The van der Waals surface area contributed by atoms with Crippen LogP contribution in [0.2, 0.25) is 0 Å². The van der Waals surface area contributed by atoms with Gasteiger partial charge >= 0.3 is 0 Å². The van der Waals surface area contributed by atoms with Crippen LogP contribution in [-0.4, -0.2) is 37.2 Å². The molecule has 0 aromatic rings. The minimum Gasteiger partial charge on any atom is -0.316 e. The van der Waals surface area contributed by atoms with Gasteiger partial charge in [-0.2, -0.15) is 11.8 Å². The maximum absolute atomic E-state index is 3.83. The first kappa shape index (κ1) is 12.7. The summed E-state index contributed by atoms with van der Waals surface area (Å²) in [4.78, 5) is 0. The van der Waals surface area contributed by atoms with Crippen LogP contribution in [0.3, 0.4) is 0 Å². The van der Waals surface area contributed by atoms with Gasteiger partial charge < -0.3 is 10.6 Å². The second-order valence-electron chi connectivity index (χ2n) is 5.29. The second kappa shape index (κ2) is 6.87. The fourth-order valence-electron chi connectivity index (χ4n) is 3.03. The van der Waals surface area contributed by atoms with Crippen molar-refractivity contribution in [1.82, 2.24) is 10.6 Å². The lowest BCUT2D eigenvalue weighted by molar-refractivity contribution is 0.315. The molecule has 0 spiro atoms. The van der Waals surface area contributed by atoms with Gasteiger partial charge in [-0.05, 0) is 57.5 Å². The molecule has 1 heterocycles. The molecule has 2 fully saturated rings. The standard InChI is InChI=1S/C13H26N2S/c1-16-13-7-3-2-6-12(13)15-10-11-5-4-8-14-9-11/h11-15H,2-10H2,1H3. The van der Waals surface area contributed by atoms with E-state index < -0.39 is 0 Å². The molecule has 0 aromatic carbocycles. The first-order valence-electron chi connectivity index (χ1n) is 6.87. The Morgan fingerprint density at radius 1 is 1.19 bits per heavy atom. The summed E-state index contributed by atoms with van der Waals surface area (Å²) in [5, 5.41) is 8.20. The van der Waals surface area contributed by atoms with Gasteiger partial charge in [-0.1, -0.05) is 12.8 Å². The van der Waals surface area contributed by atoms with E-state index >= 15 is 0 Å². The molecule has 3 atom stereocenters. The van der Waals surface area contributed by atoms with E-state index in [9.17, 15) is 0 Å². The number of hydrogen-bond donors (Lipinski definition) is 2. The minimum absolute atomic E-state index is 0.783. The largest absolute Gasteiger partial charge is 0.316 e. The topological polar surface area (TPSA) is 24.1 Å². The van der Waals surface area contributed by atoms with Crippen molar-refractivity contribution in [1.29, 1.82) is 0 Å². The van der Waals surface area contributed by atoms with E-state index in [4.69, 9.17) is 0 Å². The van der Waals surface area contributed by atoms with Gasteiger partial charge in [0.15, 0.2) is 0 Å². The number of piperidine rings is 1. The Labute approximate surface area is 104 Å². The zero-order chi connectivity index (χ0) is 11.2. The summed E-state index contributed by atoms with van der Waals surface area (Å²) in [6.45, 7) is 3.69. The van der Waals surface area contributed by atoms with E-state index in [1.807, 2.05) is 0 Å². The zero-order valence-electron chi connectivity index (χ0n) is 10.5. The summed E-state index contributed by atoms with van der Waals surface area (Å²) in [5.74, 6) is 0.873. The molecule has 3 unspecified atom stereocenters. The minimum atomic E-state index is 0.783. The SMILES string of the molecule is CSC1CCCCC1NCC1CCCNC1. The molecule has 16 heavy (non-hydrogen) atoms. The van der Waals surface area contributed by atoms with E-state index in [-0.39, 0.29) is 0 Å². The Morgan fingerprint density at radius 3 is 2.81 bits per heavy atom. The summed E-state index contributed by atoms with van der Waals surface area (Å²) < 4.78 is 0. The van der Waals surface area contributed by atoms with E-state index in [0.717, 1.165) is 17.2 Å². The highest BCUT2D eigenvalue weighted by atomic mass is 32.2. The molecule has 0 bridgehead atoms. The van der Waals surface area contributed by atoms with Gasteiger partial charge in [0.1, 0.15) is 0 Å². The number of hydrogen-bond acceptors (Lipinski definition) is 3. The van der Waals surface area contributed by atoms with Gasteiger partial charge in [0.2, 0.25) is 0 Å². The molecule has 1 saturated heterocycles. The maximum atomic E-state index is 3.83. The monoisotopic (exact) mass is 242 g/mol. The van der Waals surface area contributed by atoms with Gasteiger partial charge in [-0.25, -0.2) is 0 Å². The highest BCUT2D eigenvalue weighted by molar-refractivity contribution is 7.99. The normalized spacial score (nSPS) is 36.2. The van der Waals surface area contributed by atoms with Crippen LogP contribution in [0.25, 0.3) is 0 Å². The Morgan fingerprint density at radius 2 is 2.06 bits per heavy atom. The Kier molecular flexibility index (Phi) is 5.46. The first-order valence-corrected chi connectivity index (χ1v) is 8.16. The van der Waals surface area contributed by atoms with Crippen molar-refractivity contribution >= 4 is 11.8 Å². The Balaban J connectivity index is 1.70. The van der Waals surface area contributed by atoms with Gasteiger partial charge in [-0.15, -0.1) is 0 Å². The fourth-order valence-corrected chi connectivity index (χ4v) is 3.99. The van der Waals surface area contributed by atoms with Crippen molar-refractivity contribution < 1.29 is 0 Å². The van der Waals surface area contributed by atoms with Gasteiger partial charge in [0.05, 0.1) is 0 Å². The van der Waals surface area contributed by atoms with E-state index in [1.165, 1.54) is 58.2 Å². The lowest BCUT2D eigenvalue weighted by Crippen LogP contribution is -2.45. The molecule has 94 valence electrons. The van der Waals surface area contributed by atoms with Gasteiger partial charge in [0.25, 0.3) is 0 Å². The van der Waals surface area contributed by atoms with E-state index in [1.54, 1.807) is 0 Å². The van der Waals surface area contributed by atoms with Gasteiger partial charge in [0, 0.05) is 11.3 Å². The third-order valence-corrected chi connectivity index (χ3v) is 5.24. The highest BCUT2D eigenvalue weighted by Crippen LogP contribution is 2.27. The predicted molar refractivity (Wildman–Crippen MR) is 73.2 cm³/mol. The molecule has 1 aliphatic heterocycles. The van der Waals surface area contributed by atoms with Crippen LogP contribution in [0.4, 0.5) is 0 Å². The lowest BCUT2D eigenvalue weighted by Gasteiger charge is -2.33. The number of rotatable bonds is 4. The molecular formula is C13H26N2S. The molecule has 0 radical (unpaired) electrons. The Bertz CT molecular complexity index is 192. The average Bonchev–Trinajstić information content (AvgIpc) is 2.38. The van der Waals surface area contributed by atoms with Gasteiger partial charge in [-0.3, -0.25) is 0 Å². The number of nitrogens with one attached hydrogen (secondary N) is 2. The smallest absolute Gasteiger partial charge is 0.0198 e. The summed E-state index contributed by atoms with van der Waals surface area (Å²) >= 11 is 2.06. The Hall–Kier alpha value is 0.270. The molecule has 0 amide bonds. The van der Waals surface area contributed by atoms with Crippen molar-refractivity contribution in [3.63, 3.8) is 0 Å². The number of thioether (sulfide) groups is 1. The van der Waals surface area contributed by atoms with Crippen LogP contribution in [0.1, 0.15) is 38.5 Å². The van der Waals surface area contributed by atoms with Crippen LogP contribution in [0, 0.1) is 5.92 Å². The van der Waals surface area contributed by atoms with Crippen molar-refractivity contribution in [2.45, 2.75) is 49.8 Å². The quantitative estimate of drug-likeness (QED) is 0.791. The van der Waals surface area contributed by atoms with Crippen molar-refractivity contribution in [2.75, 3.05) is 25.9 Å². The van der Waals surface area contributed by atoms with Crippen molar-refractivity contribution in [2.24, 2.45) is 5.92 Å². The molecule has 3 heteroatoms. The summed E-state index contributed by atoms with van der Waals surface area (Å²) in [6, 6.07) is 0.783. The fraction of sp³-hybridized carbons (Fsp3) is 1.00. The van der Waals surface area contributed by atoms with Crippen LogP contribution in [0.5, 0.6) is 0 Å². The molecular weight excluding hydrogens is 216 g/mol. The molecule has 2 rings (SSSR count). The molecule has 1 aliphatic carbocycles. The van der Waals surface area contributed by atoms with Crippen LogP contribution < -0.4 is 10.6 Å². The summed E-state index contributed by atoms with van der Waals surface area (Å²) in [7, 11) is 0. The summed E-state index contributed by atoms with van der Waals surface area (Å²) in [5.41, 5.74) is 0. The molecule has 2 N–H and O–H groups in total. The van der Waals surface area contributed by atoms with Crippen LogP contribution in [-0.2, 0) is 0 Å². The van der Waals surface area contributed by atoms with Crippen molar-refractivity contribution in [3.05, 3.63) is 0 Å². The predicted octanol–water partition coefficient (Wildman–Crippen LogP) is 2.25. The van der Waals surface area contributed by atoms with Crippen LogP contribution in [0.15, 0.2) is 0 Å². The third kappa shape index (κ3) is 3.64. The third-order valence-electron chi connectivity index (χ3n) is 4.07. The molecule has 1 saturated carbocycles. The molecule has 2 aliphatic rings. The van der Waals surface area contributed by atoms with E-state index in [0.29, 0.717) is 0 Å². The van der Waals surface area contributed by atoms with Crippen LogP contribution >= 0.6 is 11.8 Å². The molecule has 2 nitrogen and oxygen atoms in total. The second-order valence-corrected chi connectivity index (χ2v) is 6.36. The maximum Gasteiger partial charge on any atom is 0.0198 e. The first-order chi connectivity index (χ1) is 7.90. The zero-order valence-corrected chi connectivity index (χ0v) is 11.3. The lowest BCUT2D eigenvalue weighted by atomic mass is 9.93. The highest BCUT2D eigenvalue weighted by Gasteiger charge is 2.24. The summed E-state index contributed by atoms with van der Waals surface area (Å²) in [6.07, 6.45) is 10.7. The average molecular weight is 242 g/mol. The molecule has 0 aromatic heterocycles.